The Labute approximate surface area is 119 Å². The summed E-state index contributed by atoms with van der Waals surface area (Å²) >= 11 is 0. The van der Waals surface area contributed by atoms with Crippen LogP contribution in [0.25, 0.3) is 0 Å². The van der Waals surface area contributed by atoms with Crippen LogP contribution in [-0.4, -0.2) is 43.4 Å². The number of carbonyl (C=O) groups excluding carboxylic acids is 1. The molecule has 1 amide bonds. The fourth-order valence-electron chi connectivity index (χ4n) is 1.90. The number of hydrogen-bond acceptors (Lipinski definition) is 4. The van der Waals surface area contributed by atoms with Crippen molar-refractivity contribution in [3.8, 4) is 0 Å². The predicted molar refractivity (Wildman–Crippen MR) is 79.3 cm³/mol. The van der Waals surface area contributed by atoms with E-state index in [-0.39, 0.29) is 11.6 Å². The van der Waals surface area contributed by atoms with Crippen LogP contribution in [0, 0.1) is 10.1 Å². The molecule has 0 spiro atoms. The highest BCUT2D eigenvalue weighted by Gasteiger charge is 2.20. The number of hydrogen-bond donors (Lipinski definition) is 0. The molecule has 6 heteroatoms. The third kappa shape index (κ3) is 3.69. The fraction of sp³-hybridized carbons (Fsp3) is 0.500. The van der Waals surface area contributed by atoms with Gasteiger partial charge in [0.15, 0.2) is 0 Å². The zero-order chi connectivity index (χ0) is 15.3. The molecule has 0 aliphatic carbocycles. The van der Waals surface area contributed by atoms with Crippen LogP contribution in [0.1, 0.15) is 30.1 Å². The van der Waals surface area contributed by atoms with Gasteiger partial charge in [0.2, 0.25) is 0 Å². The van der Waals surface area contributed by atoms with Crippen molar-refractivity contribution in [1.29, 1.82) is 0 Å². The summed E-state index contributed by atoms with van der Waals surface area (Å²) in [6.07, 6.45) is 1.90. The molecule has 0 aliphatic heterocycles. The third-order valence-corrected chi connectivity index (χ3v) is 3.10. The normalized spacial score (nSPS) is 10.2. The summed E-state index contributed by atoms with van der Waals surface area (Å²) in [6.45, 7) is 2.70. The molecule has 0 saturated carbocycles. The Hall–Kier alpha value is -2.11. The van der Waals surface area contributed by atoms with E-state index < -0.39 is 4.92 Å². The Morgan fingerprint density at radius 3 is 2.45 bits per heavy atom. The Morgan fingerprint density at radius 1 is 1.30 bits per heavy atom. The largest absolute Gasteiger partial charge is 0.377 e. The van der Waals surface area contributed by atoms with Gasteiger partial charge in [-0.2, -0.15) is 0 Å². The quantitative estimate of drug-likeness (QED) is 0.593. The summed E-state index contributed by atoms with van der Waals surface area (Å²) in [7, 11) is 5.34. The highest BCUT2D eigenvalue weighted by atomic mass is 16.6. The molecule has 0 N–H and O–H groups in total. The van der Waals surface area contributed by atoms with Gasteiger partial charge >= 0.3 is 0 Å². The minimum atomic E-state index is -0.484. The summed E-state index contributed by atoms with van der Waals surface area (Å²) in [6, 6.07) is 4.37. The van der Waals surface area contributed by atoms with Crippen molar-refractivity contribution in [2.45, 2.75) is 19.8 Å². The standard InChI is InChI=1S/C14H21N3O3/c1-5-6-9-16(4)14(18)12-10-11(17(19)20)7-8-13(12)15(2)3/h7-8,10H,5-6,9H2,1-4H3. The molecular formula is C14H21N3O3. The lowest BCUT2D eigenvalue weighted by Gasteiger charge is -2.21. The first-order chi connectivity index (χ1) is 9.38. The second-order valence-corrected chi connectivity index (χ2v) is 4.93. The third-order valence-electron chi connectivity index (χ3n) is 3.10. The van der Waals surface area contributed by atoms with Gasteiger partial charge in [-0.1, -0.05) is 13.3 Å². The maximum absolute atomic E-state index is 12.4. The van der Waals surface area contributed by atoms with Gasteiger partial charge in [0.1, 0.15) is 0 Å². The minimum Gasteiger partial charge on any atom is -0.377 e. The van der Waals surface area contributed by atoms with Crippen molar-refractivity contribution < 1.29 is 9.72 Å². The first kappa shape index (κ1) is 15.9. The van der Waals surface area contributed by atoms with Gasteiger partial charge in [-0.3, -0.25) is 14.9 Å². The van der Waals surface area contributed by atoms with E-state index >= 15 is 0 Å². The molecule has 6 nitrogen and oxygen atoms in total. The lowest BCUT2D eigenvalue weighted by Crippen LogP contribution is -2.29. The van der Waals surface area contributed by atoms with Crippen molar-refractivity contribution in [3.05, 3.63) is 33.9 Å². The van der Waals surface area contributed by atoms with Gasteiger partial charge < -0.3 is 9.80 Å². The number of nitro benzene ring substituents is 1. The maximum Gasteiger partial charge on any atom is 0.270 e. The summed E-state index contributed by atoms with van der Waals surface area (Å²) in [5.74, 6) is -0.189. The van der Waals surface area contributed by atoms with Crippen LogP contribution in [0.5, 0.6) is 0 Å². The number of rotatable bonds is 6. The Morgan fingerprint density at radius 2 is 1.95 bits per heavy atom. The van der Waals surface area contributed by atoms with Gasteiger partial charge in [-0.15, -0.1) is 0 Å². The zero-order valence-electron chi connectivity index (χ0n) is 12.4. The fourth-order valence-corrected chi connectivity index (χ4v) is 1.90. The number of carbonyl (C=O) groups is 1. The van der Waals surface area contributed by atoms with Gasteiger partial charge in [0.25, 0.3) is 11.6 Å². The van der Waals surface area contributed by atoms with Crippen LogP contribution in [0.3, 0.4) is 0 Å². The summed E-state index contributed by atoms with van der Waals surface area (Å²) in [5.41, 5.74) is 0.981. The van der Waals surface area contributed by atoms with Crippen LogP contribution >= 0.6 is 0 Å². The molecule has 0 saturated heterocycles. The molecule has 0 aromatic heterocycles. The van der Waals surface area contributed by atoms with Gasteiger partial charge in [0.05, 0.1) is 10.5 Å². The summed E-state index contributed by atoms with van der Waals surface area (Å²) < 4.78 is 0. The van der Waals surface area contributed by atoms with Crippen LogP contribution in [0.2, 0.25) is 0 Å². The highest BCUT2D eigenvalue weighted by Crippen LogP contribution is 2.25. The molecular weight excluding hydrogens is 258 g/mol. The van der Waals surface area contributed by atoms with Gasteiger partial charge in [-0.25, -0.2) is 0 Å². The van der Waals surface area contributed by atoms with Crippen molar-refractivity contribution in [2.24, 2.45) is 0 Å². The SMILES string of the molecule is CCCCN(C)C(=O)c1cc([N+](=O)[O-])ccc1N(C)C. The van der Waals surface area contributed by atoms with Crippen LogP contribution in [0.4, 0.5) is 11.4 Å². The van der Waals surface area contributed by atoms with E-state index in [1.165, 1.54) is 12.1 Å². The van der Waals surface area contributed by atoms with Gasteiger partial charge in [0, 0.05) is 45.5 Å². The smallest absolute Gasteiger partial charge is 0.270 e. The van der Waals surface area contributed by atoms with E-state index in [4.69, 9.17) is 0 Å². The second kappa shape index (κ2) is 6.88. The monoisotopic (exact) mass is 279 g/mol. The number of unbranched alkanes of at least 4 members (excludes halogenated alkanes) is 1. The van der Waals surface area contributed by atoms with E-state index in [0.717, 1.165) is 12.8 Å². The average molecular weight is 279 g/mol. The molecule has 20 heavy (non-hydrogen) atoms. The number of anilines is 1. The Kier molecular flexibility index (Phi) is 5.49. The van der Waals surface area contributed by atoms with Crippen molar-refractivity contribution >= 4 is 17.3 Å². The highest BCUT2D eigenvalue weighted by molar-refractivity contribution is 6.00. The lowest BCUT2D eigenvalue weighted by molar-refractivity contribution is -0.384. The summed E-state index contributed by atoms with van der Waals surface area (Å²) in [4.78, 5) is 26.2. The minimum absolute atomic E-state index is 0.0668. The molecule has 1 aromatic carbocycles. The maximum atomic E-state index is 12.4. The van der Waals surface area contributed by atoms with E-state index in [9.17, 15) is 14.9 Å². The molecule has 0 fully saturated rings. The molecule has 110 valence electrons. The van der Waals surface area contributed by atoms with E-state index in [1.54, 1.807) is 22.9 Å². The van der Waals surface area contributed by atoms with Crippen molar-refractivity contribution in [1.82, 2.24) is 4.90 Å². The molecule has 0 unspecified atom stereocenters. The first-order valence-corrected chi connectivity index (χ1v) is 6.59. The number of benzene rings is 1. The number of amides is 1. The van der Waals surface area contributed by atoms with E-state index in [0.29, 0.717) is 17.8 Å². The summed E-state index contributed by atoms with van der Waals surface area (Å²) in [5, 5.41) is 10.9. The van der Waals surface area contributed by atoms with E-state index in [2.05, 4.69) is 6.92 Å². The first-order valence-electron chi connectivity index (χ1n) is 6.59. The van der Waals surface area contributed by atoms with E-state index in [1.807, 2.05) is 14.1 Å². The lowest BCUT2D eigenvalue weighted by atomic mass is 10.1. The zero-order valence-corrected chi connectivity index (χ0v) is 12.4. The topological polar surface area (TPSA) is 66.7 Å². The molecule has 1 aromatic rings. The number of non-ortho nitro benzene ring substituents is 1. The molecule has 0 aliphatic rings. The average Bonchev–Trinajstić information content (AvgIpc) is 2.42. The van der Waals surface area contributed by atoms with Crippen LogP contribution in [-0.2, 0) is 0 Å². The van der Waals surface area contributed by atoms with Crippen molar-refractivity contribution in [2.75, 3.05) is 32.6 Å². The second-order valence-electron chi connectivity index (χ2n) is 4.93. The van der Waals surface area contributed by atoms with Crippen molar-refractivity contribution in [3.63, 3.8) is 0 Å². The predicted octanol–water partition coefficient (Wildman–Crippen LogP) is 2.53. The number of nitro groups is 1. The van der Waals surface area contributed by atoms with Gasteiger partial charge in [-0.05, 0) is 12.5 Å². The van der Waals surface area contributed by atoms with Crippen LogP contribution < -0.4 is 4.90 Å². The molecule has 0 bridgehead atoms. The molecule has 1 rings (SSSR count). The Bertz CT molecular complexity index is 500. The number of nitrogens with zero attached hydrogens (tertiary/aromatic N) is 3. The molecule has 0 radical (unpaired) electrons. The molecule has 0 heterocycles. The molecule has 0 atom stereocenters. The Balaban J connectivity index is 3.15. The van der Waals surface area contributed by atoms with Crippen LogP contribution in [0.15, 0.2) is 18.2 Å².